The standard InChI is InChI=1S/C17H29N3O4/c1-12(2)11-13-14(19-3-7-23-8-4-19)16(21)18-17(22)15(13)20-5-9-24-10-6-20/h12-15H,3-11H2,1-2H3,(H,18,21,22)/t14-,15-/m1/s1. The number of hydrogen-bond acceptors (Lipinski definition) is 6. The van der Waals surface area contributed by atoms with Gasteiger partial charge < -0.3 is 9.47 Å². The number of morpholine rings is 2. The summed E-state index contributed by atoms with van der Waals surface area (Å²) < 4.78 is 10.9. The number of nitrogens with zero attached hydrogens (tertiary/aromatic N) is 2. The van der Waals surface area contributed by atoms with Gasteiger partial charge in [0.1, 0.15) is 0 Å². The lowest BCUT2D eigenvalue weighted by molar-refractivity contribution is -0.151. The van der Waals surface area contributed by atoms with Crippen molar-refractivity contribution in [2.45, 2.75) is 32.4 Å². The van der Waals surface area contributed by atoms with E-state index in [0.29, 0.717) is 32.3 Å². The lowest BCUT2D eigenvalue weighted by Crippen LogP contribution is -2.68. The van der Waals surface area contributed by atoms with Crippen LogP contribution in [0.25, 0.3) is 0 Å². The summed E-state index contributed by atoms with van der Waals surface area (Å²) in [6.45, 7) is 9.89. The van der Waals surface area contributed by atoms with Crippen LogP contribution in [0.15, 0.2) is 0 Å². The van der Waals surface area contributed by atoms with Crippen molar-refractivity contribution in [2.24, 2.45) is 11.8 Å². The summed E-state index contributed by atoms with van der Waals surface area (Å²) in [6, 6.07) is -0.497. The SMILES string of the molecule is CC(C)CC1[C@@H](N2CCOCC2)C(=O)NC(=O)[C@@H]1N1CCOCC1. The van der Waals surface area contributed by atoms with Crippen molar-refractivity contribution in [1.82, 2.24) is 15.1 Å². The van der Waals surface area contributed by atoms with Gasteiger partial charge in [0, 0.05) is 32.1 Å². The number of amides is 2. The second kappa shape index (κ2) is 7.91. The quantitative estimate of drug-likeness (QED) is 0.710. The van der Waals surface area contributed by atoms with E-state index in [1.807, 2.05) is 0 Å². The number of carbonyl (C=O) groups excluding carboxylic acids is 2. The Bertz CT molecular complexity index is 423. The first-order valence-electron chi connectivity index (χ1n) is 9.06. The van der Waals surface area contributed by atoms with Crippen LogP contribution in [-0.4, -0.2) is 86.3 Å². The minimum Gasteiger partial charge on any atom is -0.379 e. The maximum atomic E-state index is 12.7. The van der Waals surface area contributed by atoms with E-state index in [9.17, 15) is 9.59 Å². The highest BCUT2D eigenvalue weighted by Gasteiger charge is 2.48. The average molecular weight is 339 g/mol. The molecule has 136 valence electrons. The fraction of sp³-hybridized carbons (Fsp3) is 0.882. The molecule has 3 aliphatic rings. The molecule has 0 aromatic heterocycles. The van der Waals surface area contributed by atoms with Crippen molar-refractivity contribution in [3.8, 4) is 0 Å². The van der Waals surface area contributed by atoms with Crippen molar-refractivity contribution >= 4 is 11.8 Å². The lowest BCUT2D eigenvalue weighted by Gasteiger charge is -2.47. The summed E-state index contributed by atoms with van der Waals surface area (Å²) >= 11 is 0. The van der Waals surface area contributed by atoms with Crippen LogP contribution in [0.1, 0.15) is 20.3 Å². The third-order valence-corrected chi connectivity index (χ3v) is 5.22. The molecule has 2 atom stereocenters. The van der Waals surface area contributed by atoms with Gasteiger partial charge in [-0.15, -0.1) is 0 Å². The fourth-order valence-electron chi connectivity index (χ4n) is 4.22. The molecule has 3 aliphatic heterocycles. The van der Waals surface area contributed by atoms with Gasteiger partial charge in [0.25, 0.3) is 0 Å². The van der Waals surface area contributed by atoms with Gasteiger partial charge in [0.2, 0.25) is 11.8 Å². The Morgan fingerprint density at radius 2 is 1.33 bits per heavy atom. The van der Waals surface area contributed by atoms with Crippen molar-refractivity contribution < 1.29 is 19.1 Å². The van der Waals surface area contributed by atoms with E-state index in [0.717, 1.165) is 32.6 Å². The molecule has 7 nitrogen and oxygen atoms in total. The Hall–Kier alpha value is -1.02. The summed E-state index contributed by atoms with van der Waals surface area (Å²) in [5.41, 5.74) is 0. The van der Waals surface area contributed by atoms with Crippen LogP contribution in [0, 0.1) is 11.8 Å². The van der Waals surface area contributed by atoms with Crippen LogP contribution in [-0.2, 0) is 19.1 Å². The molecule has 2 amide bonds. The van der Waals surface area contributed by atoms with Crippen LogP contribution < -0.4 is 5.32 Å². The Morgan fingerprint density at radius 1 is 0.917 bits per heavy atom. The van der Waals surface area contributed by atoms with E-state index in [-0.39, 0.29) is 29.8 Å². The number of hydrogen-bond donors (Lipinski definition) is 1. The Morgan fingerprint density at radius 3 is 1.71 bits per heavy atom. The summed E-state index contributed by atoms with van der Waals surface area (Å²) in [5, 5.41) is 2.63. The Labute approximate surface area is 143 Å². The van der Waals surface area contributed by atoms with Gasteiger partial charge in [-0.3, -0.25) is 24.7 Å². The smallest absolute Gasteiger partial charge is 0.244 e. The number of imide groups is 1. The maximum Gasteiger partial charge on any atom is 0.244 e. The Balaban J connectivity index is 1.86. The zero-order chi connectivity index (χ0) is 17.1. The lowest BCUT2D eigenvalue weighted by atomic mass is 9.79. The molecule has 7 heteroatoms. The van der Waals surface area contributed by atoms with Gasteiger partial charge >= 0.3 is 0 Å². The molecule has 0 aromatic rings. The highest BCUT2D eigenvalue weighted by Crippen LogP contribution is 2.30. The van der Waals surface area contributed by atoms with E-state index < -0.39 is 0 Å². The molecule has 3 fully saturated rings. The first-order chi connectivity index (χ1) is 11.6. The maximum absolute atomic E-state index is 12.7. The topological polar surface area (TPSA) is 71.1 Å². The zero-order valence-corrected chi connectivity index (χ0v) is 14.7. The first kappa shape index (κ1) is 17.8. The summed E-state index contributed by atoms with van der Waals surface area (Å²) in [6.07, 6.45) is 0.864. The van der Waals surface area contributed by atoms with Gasteiger partial charge in [0.15, 0.2) is 0 Å². The highest BCUT2D eigenvalue weighted by molar-refractivity contribution is 6.03. The second-order valence-electron chi connectivity index (χ2n) is 7.33. The highest BCUT2D eigenvalue weighted by atomic mass is 16.5. The van der Waals surface area contributed by atoms with Crippen LogP contribution in [0.4, 0.5) is 0 Å². The molecule has 0 radical (unpaired) electrons. The average Bonchev–Trinajstić information content (AvgIpc) is 2.56. The number of rotatable bonds is 4. The number of nitrogens with one attached hydrogen (secondary N) is 1. The summed E-state index contributed by atoms with van der Waals surface area (Å²) in [4.78, 5) is 29.7. The number of piperidine rings is 1. The van der Waals surface area contributed by atoms with Crippen molar-refractivity contribution in [3.05, 3.63) is 0 Å². The first-order valence-corrected chi connectivity index (χ1v) is 9.06. The molecular weight excluding hydrogens is 310 g/mol. The summed E-state index contributed by atoms with van der Waals surface area (Å²) in [7, 11) is 0. The molecule has 3 heterocycles. The molecule has 3 saturated heterocycles. The van der Waals surface area contributed by atoms with Crippen molar-refractivity contribution in [2.75, 3.05) is 52.6 Å². The second-order valence-corrected chi connectivity index (χ2v) is 7.33. The molecular formula is C17H29N3O4. The third kappa shape index (κ3) is 3.79. The largest absolute Gasteiger partial charge is 0.379 e. The van der Waals surface area contributed by atoms with Crippen LogP contribution in [0.3, 0.4) is 0 Å². The molecule has 3 rings (SSSR count). The molecule has 0 unspecified atom stereocenters. The third-order valence-electron chi connectivity index (χ3n) is 5.22. The summed E-state index contributed by atoms with van der Waals surface area (Å²) in [5.74, 6) is 0.164. The molecule has 0 aromatic carbocycles. The van der Waals surface area contributed by atoms with E-state index in [2.05, 4.69) is 29.0 Å². The van der Waals surface area contributed by atoms with Gasteiger partial charge in [-0.1, -0.05) is 13.8 Å². The van der Waals surface area contributed by atoms with Crippen LogP contribution >= 0.6 is 0 Å². The Kier molecular flexibility index (Phi) is 5.86. The molecule has 0 spiro atoms. The number of ether oxygens (including phenoxy) is 2. The number of carbonyl (C=O) groups is 2. The van der Waals surface area contributed by atoms with Gasteiger partial charge in [-0.2, -0.15) is 0 Å². The zero-order valence-electron chi connectivity index (χ0n) is 14.7. The minimum absolute atomic E-state index is 0.0162. The minimum atomic E-state index is -0.248. The molecule has 1 N–H and O–H groups in total. The van der Waals surface area contributed by atoms with E-state index in [4.69, 9.17) is 9.47 Å². The van der Waals surface area contributed by atoms with Gasteiger partial charge in [0.05, 0.1) is 38.5 Å². The predicted octanol–water partition coefficient (Wildman–Crippen LogP) is -0.293. The van der Waals surface area contributed by atoms with E-state index in [1.165, 1.54) is 0 Å². The van der Waals surface area contributed by atoms with E-state index in [1.54, 1.807) is 0 Å². The monoisotopic (exact) mass is 339 g/mol. The van der Waals surface area contributed by atoms with Crippen LogP contribution in [0.2, 0.25) is 0 Å². The van der Waals surface area contributed by atoms with Crippen molar-refractivity contribution in [1.29, 1.82) is 0 Å². The molecule has 0 aliphatic carbocycles. The van der Waals surface area contributed by atoms with Gasteiger partial charge in [-0.05, 0) is 12.3 Å². The molecule has 24 heavy (non-hydrogen) atoms. The molecule has 0 saturated carbocycles. The molecule has 0 bridgehead atoms. The fourth-order valence-corrected chi connectivity index (χ4v) is 4.22. The van der Waals surface area contributed by atoms with Crippen molar-refractivity contribution in [3.63, 3.8) is 0 Å². The van der Waals surface area contributed by atoms with Gasteiger partial charge in [-0.25, -0.2) is 0 Å². The predicted molar refractivity (Wildman–Crippen MR) is 88.5 cm³/mol. The van der Waals surface area contributed by atoms with E-state index >= 15 is 0 Å². The normalized spacial score (nSPS) is 31.5. The van der Waals surface area contributed by atoms with Crippen LogP contribution in [0.5, 0.6) is 0 Å².